The fraction of sp³-hybridized carbons (Fsp3) is 0.458. The third kappa shape index (κ3) is 5.69. The van der Waals surface area contributed by atoms with Crippen molar-refractivity contribution in [1.29, 1.82) is 0 Å². The van der Waals surface area contributed by atoms with E-state index >= 15 is 0 Å². The summed E-state index contributed by atoms with van der Waals surface area (Å²) in [5, 5.41) is -0.312. The van der Waals surface area contributed by atoms with Gasteiger partial charge in [-0.1, -0.05) is 74.5 Å². The number of hydrogen-bond donors (Lipinski definition) is 0. The first-order valence-corrected chi connectivity index (χ1v) is 12.2. The second kappa shape index (κ2) is 9.57. The Kier molecular flexibility index (Phi) is 7.12. The van der Waals surface area contributed by atoms with Gasteiger partial charge in [0.2, 0.25) is 5.91 Å². The third-order valence-corrected chi connectivity index (χ3v) is 8.27. The van der Waals surface area contributed by atoms with Gasteiger partial charge in [-0.05, 0) is 29.9 Å². The number of sulfone groups is 1. The van der Waals surface area contributed by atoms with Gasteiger partial charge in [0.25, 0.3) is 0 Å². The number of carbonyl (C=O) groups is 1. The summed E-state index contributed by atoms with van der Waals surface area (Å²) in [4.78, 5) is 14.9. The Bertz CT molecular complexity index is 847. The van der Waals surface area contributed by atoms with Gasteiger partial charge < -0.3 is 4.90 Å². The number of rotatable bonds is 7. The maximum Gasteiger partial charge on any atom is 0.223 e. The lowest BCUT2D eigenvalue weighted by atomic mass is 9.88. The van der Waals surface area contributed by atoms with Crippen molar-refractivity contribution in [3.8, 4) is 0 Å². The van der Waals surface area contributed by atoms with E-state index in [1.165, 1.54) is 0 Å². The molecule has 0 aliphatic carbocycles. The van der Waals surface area contributed by atoms with Crippen LogP contribution >= 0.6 is 0 Å². The van der Waals surface area contributed by atoms with Crippen LogP contribution in [0, 0.1) is 5.92 Å². The molecule has 0 spiro atoms. The molecule has 0 saturated carbocycles. The topological polar surface area (TPSA) is 54.5 Å². The lowest BCUT2D eigenvalue weighted by Gasteiger charge is -2.33. The molecular weight excluding hydrogens is 382 g/mol. The Balaban J connectivity index is 1.67. The first kappa shape index (κ1) is 21.6. The third-order valence-electron chi connectivity index (χ3n) is 5.65. The molecule has 1 aliphatic rings. The number of benzene rings is 2. The van der Waals surface area contributed by atoms with Crippen LogP contribution in [0.4, 0.5) is 0 Å². The second-order valence-electron chi connectivity index (χ2n) is 8.38. The van der Waals surface area contributed by atoms with Crippen LogP contribution in [0.1, 0.15) is 50.2 Å². The minimum absolute atomic E-state index is 0.00676. The first-order chi connectivity index (χ1) is 13.9. The van der Waals surface area contributed by atoms with Gasteiger partial charge in [0.1, 0.15) is 0 Å². The van der Waals surface area contributed by atoms with E-state index in [-0.39, 0.29) is 28.7 Å². The Morgan fingerprint density at radius 2 is 1.41 bits per heavy atom. The maximum atomic E-state index is 13.1. The molecule has 3 rings (SSSR count). The summed E-state index contributed by atoms with van der Waals surface area (Å²) in [6.07, 6.45) is 1.49. The molecule has 0 bridgehead atoms. The molecule has 1 saturated heterocycles. The molecule has 0 N–H and O–H groups in total. The van der Waals surface area contributed by atoms with Crippen molar-refractivity contribution in [3.05, 3.63) is 71.8 Å². The zero-order valence-electron chi connectivity index (χ0n) is 17.3. The summed E-state index contributed by atoms with van der Waals surface area (Å²) in [7, 11) is -3.08. The van der Waals surface area contributed by atoms with Crippen LogP contribution in [0.3, 0.4) is 0 Å². The van der Waals surface area contributed by atoms with Gasteiger partial charge in [-0.15, -0.1) is 0 Å². The standard InChI is InChI=1S/C24H31NO3S/c1-19(2)18-29(27,28)22-13-15-25(16-14-22)24(26)17-23(20-9-5-3-6-10-20)21-11-7-4-8-12-21/h3-12,19,22-23H,13-18H2,1-2H3. The molecule has 156 valence electrons. The first-order valence-electron chi connectivity index (χ1n) is 10.5. The van der Waals surface area contributed by atoms with Crippen molar-refractivity contribution in [2.45, 2.75) is 44.3 Å². The predicted octanol–water partition coefficient (Wildman–Crippen LogP) is 4.27. The molecule has 1 amide bonds. The van der Waals surface area contributed by atoms with Gasteiger partial charge >= 0.3 is 0 Å². The zero-order valence-corrected chi connectivity index (χ0v) is 18.1. The van der Waals surface area contributed by atoms with E-state index in [9.17, 15) is 13.2 Å². The molecule has 0 aromatic heterocycles. The van der Waals surface area contributed by atoms with E-state index in [1.54, 1.807) is 0 Å². The average molecular weight is 414 g/mol. The van der Waals surface area contributed by atoms with Gasteiger partial charge in [-0.2, -0.15) is 0 Å². The van der Waals surface area contributed by atoms with Crippen molar-refractivity contribution >= 4 is 15.7 Å². The minimum Gasteiger partial charge on any atom is -0.343 e. The van der Waals surface area contributed by atoms with E-state index in [1.807, 2.05) is 55.1 Å². The fourth-order valence-corrected chi connectivity index (χ4v) is 6.30. The molecule has 0 atom stereocenters. The van der Waals surface area contributed by atoms with Crippen LogP contribution in [0.2, 0.25) is 0 Å². The van der Waals surface area contributed by atoms with Crippen molar-refractivity contribution in [3.63, 3.8) is 0 Å². The minimum atomic E-state index is -3.08. The van der Waals surface area contributed by atoms with E-state index < -0.39 is 9.84 Å². The van der Waals surface area contributed by atoms with Crippen LogP contribution in [-0.2, 0) is 14.6 Å². The predicted molar refractivity (Wildman–Crippen MR) is 118 cm³/mol. The van der Waals surface area contributed by atoms with Gasteiger partial charge in [-0.3, -0.25) is 4.79 Å². The van der Waals surface area contributed by atoms with Crippen LogP contribution < -0.4 is 0 Å². The van der Waals surface area contributed by atoms with Crippen molar-refractivity contribution in [1.82, 2.24) is 4.90 Å². The molecule has 0 unspecified atom stereocenters. The summed E-state index contributed by atoms with van der Waals surface area (Å²) >= 11 is 0. The number of piperidine rings is 1. The van der Waals surface area contributed by atoms with E-state index in [4.69, 9.17) is 0 Å². The summed E-state index contributed by atoms with van der Waals surface area (Å²) in [5.74, 6) is 0.474. The molecule has 0 radical (unpaired) electrons. The van der Waals surface area contributed by atoms with Crippen molar-refractivity contribution < 1.29 is 13.2 Å². The number of hydrogen-bond acceptors (Lipinski definition) is 3. The number of amides is 1. The molecule has 4 nitrogen and oxygen atoms in total. The number of nitrogens with zero attached hydrogens (tertiary/aromatic N) is 1. The lowest BCUT2D eigenvalue weighted by Crippen LogP contribution is -2.43. The second-order valence-corrected chi connectivity index (χ2v) is 10.7. The SMILES string of the molecule is CC(C)CS(=O)(=O)C1CCN(C(=O)CC(c2ccccc2)c2ccccc2)CC1. The highest BCUT2D eigenvalue weighted by molar-refractivity contribution is 7.92. The summed E-state index contributed by atoms with van der Waals surface area (Å²) < 4.78 is 25.0. The van der Waals surface area contributed by atoms with Crippen LogP contribution in [0.5, 0.6) is 0 Å². The molecule has 2 aromatic rings. The zero-order chi connectivity index (χ0) is 20.9. The Morgan fingerprint density at radius 1 is 0.931 bits per heavy atom. The van der Waals surface area contributed by atoms with Gasteiger partial charge in [-0.25, -0.2) is 8.42 Å². The van der Waals surface area contributed by atoms with Crippen molar-refractivity contribution in [2.75, 3.05) is 18.8 Å². The largest absolute Gasteiger partial charge is 0.343 e. The monoisotopic (exact) mass is 413 g/mol. The molecule has 1 aliphatic heterocycles. The van der Waals surface area contributed by atoms with Crippen LogP contribution in [0.25, 0.3) is 0 Å². The van der Waals surface area contributed by atoms with E-state index in [2.05, 4.69) is 24.3 Å². The van der Waals surface area contributed by atoms with Gasteiger partial charge in [0.15, 0.2) is 9.84 Å². The highest BCUT2D eigenvalue weighted by Crippen LogP contribution is 2.29. The highest BCUT2D eigenvalue weighted by atomic mass is 32.2. The number of likely N-dealkylation sites (tertiary alicyclic amines) is 1. The maximum absolute atomic E-state index is 13.1. The number of carbonyl (C=O) groups excluding carboxylic acids is 1. The lowest BCUT2D eigenvalue weighted by molar-refractivity contribution is -0.132. The summed E-state index contributed by atoms with van der Waals surface area (Å²) in [6.45, 7) is 4.92. The average Bonchev–Trinajstić information content (AvgIpc) is 2.72. The van der Waals surface area contributed by atoms with E-state index in [0.717, 1.165) is 11.1 Å². The molecule has 2 aromatic carbocycles. The Morgan fingerprint density at radius 3 is 1.86 bits per heavy atom. The van der Waals surface area contributed by atoms with Crippen LogP contribution in [-0.4, -0.2) is 43.3 Å². The molecule has 1 heterocycles. The van der Waals surface area contributed by atoms with Gasteiger partial charge in [0.05, 0.1) is 11.0 Å². The summed E-state index contributed by atoms with van der Waals surface area (Å²) in [6, 6.07) is 20.2. The smallest absolute Gasteiger partial charge is 0.223 e. The molecule has 5 heteroatoms. The molecular formula is C24H31NO3S. The normalized spacial score (nSPS) is 15.8. The summed E-state index contributed by atoms with van der Waals surface area (Å²) in [5.41, 5.74) is 2.25. The van der Waals surface area contributed by atoms with Crippen LogP contribution in [0.15, 0.2) is 60.7 Å². The highest BCUT2D eigenvalue weighted by Gasteiger charge is 2.32. The van der Waals surface area contributed by atoms with Gasteiger partial charge in [0, 0.05) is 25.4 Å². The Hall–Kier alpha value is -2.14. The quantitative estimate of drug-likeness (QED) is 0.681. The van der Waals surface area contributed by atoms with E-state index in [0.29, 0.717) is 32.4 Å². The fourth-order valence-electron chi connectivity index (χ4n) is 4.17. The molecule has 1 fully saturated rings. The van der Waals surface area contributed by atoms with Crippen molar-refractivity contribution in [2.24, 2.45) is 5.92 Å². The Labute approximate surface area is 174 Å². The molecule has 29 heavy (non-hydrogen) atoms.